The summed E-state index contributed by atoms with van der Waals surface area (Å²) >= 11 is 0. The molecule has 6 nitrogen and oxygen atoms in total. The van der Waals surface area contributed by atoms with Gasteiger partial charge in [-0.05, 0) is 24.3 Å². The molecule has 0 aliphatic rings. The van der Waals surface area contributed by atoms with Crippen LogP contribution in [0, 0.1) is 0 Å². The zero-order valence-electron chi connectivity index (χ0n) is 10.4. The molecule has 2 rings (SSSR count). The second-order valence-electron chi connectivity index (χ2n) is 3.85. The van der Waals surface area contributed by atoms with Gasteiger partial charge in [0.2, 0.25) is 0 Å². The number of hydrogen-bond acceptors (Lipinski definition) is 6. The Hall–Kier alpha value is -3.02. The summed E-state index contributed by atoms with van der Waals surface area (Å²) in [6.07, 6.45) is 0. The monoisotopic (exact) mass is 272 g/mol. The molecule has 0 saturated heterocycles. The van der Waals surface area contributed by atoms with Crippen LogP contribution in [0.4, 0.5) is 11.4 Å². The first-order valence-electron chi connectivity index (χ1n) is 5.71. The fraction of sp³-hybridized carbons (Fsp3) is 0. The highest BCUT2D eigenvalue weighted by atomic mass is 16.6. The third-order valence-electron chi connectivity index (χ3n) is 2.41. The molecule has 4 N–H and O–H groups in total. The summed E-state index contributed by atoms with van der Waals surface area (Å²) in [5, 5.41) is 0. The third-order valence-corrected chi connectivity index (χ3v) is 2.41. The zero-order chi connectivity index (χ0) is 14.5. The number of ether oxygens (including phenoxy) is 2. The molecule has 0 amide bonds. The SMILES string of the molecule is Nc1ccccc1OC(=O)C(=O)Oc1ccccc1N. The van der Waals surface area contributed by atoms with Crippen molar-refractivity contribution in [3.8, 4) is 11.5 Å². The normalized spacial score (nSPS) is 9.80. The van der Waals surface area contributed by atoms with E-state index in [1.165, 1.54) is 12.1 Å². The van der Waals surface area contributed by atoms with Crippen molar-refractivity contribution in [2.45, 2.75) is 0 Å². The Kier molecular flexibility index (Phi) is 3.85. The van der Waals surface area contributed by atoms with Crippen LogP contribution >= 0.6 is 0 Å². The number of para-hydroxylation sites is 4. The van der Waals surface area contributed by atoms with Crippen molar-refractivity contribution >= 4 is 23.3 Å². The number of benzene rings is 2. The predicted molar refractivity (Wildman–Crippen MR) is 73.0 cm³/mol. The lowest BCUT2D eigenvalue weighted by atomic mass is 10.3. The summed E-state index contributed by atoms with van der Waals surface area (Å²) in [5.74, 6) is -2.16. The Bertz CT molecular complexity index is 598. The van der Waals surface area contributed by atoms with Gasteiger partial charge in [0.25, 0.3) is 0 Å². The average molecular weight is 272 g/mol. The van der Waals surface area contributed by atoms with Gasteiger partial charge in [0.1, 0.15) is 0 Å². The van der Waals surface area contributed by atoms with E-state index in [-0.39, 0.29) is 22.9 Å². The van der Waals surface area contributed by atoms with Gasteiger partial charge < -0.3 is 20.9 Å². The van der Waals surface area contributed by atoms with Crippen LogP contribution in [0.3, 0.4) is 0 Å². The van der Waals surface area contributed by atoms with E-state index < -0.39 is 11.9 Å². The van der Waals surface area contributed by atoms with Gasteiger partial charge in [0.15, 0.2) is 11.5 Å². The summed E-state index contributed by atoms with van der Waals surface area (Å²) in [6, 6.07) is 12.6. The van der Waals surface area contributed by atoms with Crippen molar-refractivity contribution in [1.82, 2.24) is 0 Å². The van der Waals surface area contributed by atoms with Gasteiger partial charge in [-0.1, -0.05) is 24.3 Å². The molecule has 0 radical (unpaired) electrons. The molecule has 20 heavy (non-hydrogen) atoms. The number of hydrogen-bond donors (Lipinski definition) is 2. The second-order valence-corrected chi connectivity index (χ2v) is 3.85. The lowest BCUT2D eigenvalue weighted by molar-refractivity contribution is -0.156. The van der Waals surface area contributed by atoms with E-state index in [9.17, 15) is 9.59 Å². The molecule has 2 aromatic carbocycles. The van der Waals surface area contributed by atoms with Crippen LogP contribution in [-0.4, -0.2) is 11.9 Å². The van der Waals surface area contributed by atoms with Crippen LogP contribution in [0.5, 0.6) is 11.5 Å². The number of nitrogens with two attached hydrogens (primary N) is 2. The van der Waals surface area contributed by atoms with Crippen LogP contribution in [0.2, 0.25) is 0 Å². The highest BCUT2D eigenvalue weighted by molar-refractivity contribution is 6.31. The molecule has 0 spiro atoms. The molecule has 0 aliphatic heterocycles. The van der Waals surface area contributed by atoms with Crippen molar-refractivity contribution < 1.29 is 19.1 Å². The number of rotatable bonds is 2. The first kappa shape index (κ1) is 13.4. The van der Waals surface area contributed by atoms with E-state index >= 15 is 0 Å². The Morgan fingerprint density at radius 1 is 0.700 bits per heavy atom. The zero-order valence-corrected chi connectivity index (χ0v) is 10.4. The highest BCUT2D eigenvalue weighted by Gasteiger charge is 2.21. The first-order valence-corrected chi connectivity index (χ1v) is 5.71. The van der Waals surface area contributed by atoms with Crippen molar-refractivity contribution in [3.63, 3.8) is 0 Å². The molecule has 0 aliphatic carbocycles. The molecular weight excluding hydrogens is 260 g/mol. The number of carbonyl (C=O) groups excluding carboxylic acids is 2. The number of anilines is 2. The fourth-order valence-electron chi connectivity index (χ4n) is 1.43. The predicted octanol–water partition coefficient (Wildman–Crippen LogP) is 1.36. The molecule has 0 heterocycles. The third kappa shape index (κ3) is 3.05. The summed E-state index contributed by atoms with van der Waals surface area (Å²) in [7, 11) is 0. The van der Waals surface area contributed by atoms with Crippen LogP contribution < -0.4 is 20.9 Å². The Balaban J connectivity index is 2.05. The molecule has 0 unspecified atom stereocenters. The maximum Gasteiger partial charge on any atom is 0.423 e. The standard InChI is InChI=1S/C14H12N2O4/c15-9-5-1-3-7-11(9)19-13(17)14(18)20-12-8-4-2-6-10(12)16/h1-8H,15-16H2. The number of esters is 2. The maximum atomic E-state index is 11.6. The molecule has 102 valence electrons. The van der Waals surface area contributed by atoms with Crippen molar-refractivity contribution in [2.75, 3.05) is 11.5 Å². The molecule has 0 bridgehead atoms. The molecule has 0 fully saturated rings. The average Bonchev–Trinajstić information content (AvgIpc) is 2.43. The van der Waals surface area contributed by atoms with E-state index in [2.05, 4.69) is 0 Å². The summed E-state index contributed by atoms with van der Waals surface area (Å²) < 4.78 is 9.68. The van der Waals surface area contributed by atoms with E-state index in [0.29, 0.717) is 0 Å². The Morgan fingerprint density at radius 2 is 1.05 bits per heavy atom. The van der Waals surface area contributed by atoms with E-state index in [4.69, 9.17) is 20.9 Å². The minimum Gasteiger partial charge on any atom is -0.416 e. The Labute approximate surface area is 114 Å². The van der Waals surface area contributed by atoms with Crippen molar-refractivity contribution in [1.29, 1.82) is 0 Å². The lowest BCUT2D eigenvalue weighted by Gasteiger charge is -2.07. The lowest BCUT2D eigenvalue weighted by Crippen LogP contribution is -2.26. The summed E-state index contributed by atoms with van der Waals surface area (Å²) in [4.78, 5) is 23.2. The van der Waals surface area contributed by atoms with Gasteiger partial charge in [-0.25, -0.2) is 9.59 Å². The Morgan fingerprint density at radius 3 is 1.40 bits per heavy atom. The molecule has 0 saturated carbocycles. The summed E-state index contributed by atoms with van der Waals surface area (Å²) in [6.45, 7) is 0. The summed E-state index contributed by atoms with van der Waals surface area (Å²) in [5.41, 5.74) is 11.7. The van der Waals surface area contributed by atoms with Gasteiger partial charge in [-0.3, -0.25) is 0 Å². The van der Waals surface area contributed by atoms with E-state index in [0.717, 1.165) is 0 Å². The first-order chi connectivity index (χ1) is 9.58. The molecular formula is C14H12N2O4. The minimum atomic E-state index is -1.17. The molecule has 6 heteroatoms. The number of nitrogen functional groups attached to an aromatic ring is 2. The van der Waals surface area contributed by atoms with Crippen LogP contribution in [0.1, 0.15) is 0 Å². The van der Waals surface area contributed by atoms with Crippen LogP contribution in [-0.2, 0) is 9.59 Å². The smallest absolute Gasteiger partial charge is 0.416 e. The van der Waals surface area contributed by atoms with E-state index in [1.54, 1.807) is 36.4 Å². The van der Waals surface area contributed by atoms with Gasteiger partial charge in [0, 0.05) is 0 Å². The van der Waals surface area contributed by atoms with E-state index in [1.807, 2.05) is 0 Å². The topological polar surface area (TPSA) is 105 Å². The maximum absolute atomic E-state index is 11.6. The van der Waals surface area contributed by atoms with Crippen molar-refractivity contribution in [3.05, 3.63) is 48.5 Å². The second kappa shape index (κ2) is 5.75. The van der Waals surface area contributed by atoms with Gasteiger partial charge in [-0.2, -0.15) is 0 Å². The van der Waals surface area contributed by atoms with Crippen molar-refractivity contribution in [2.24, 2.45) is 0 Å². The molecule has 2 aromatic rings. The van der Waals surface area contributed by atoms with Gasteiger partial charge in [0.05, 0.1) is 11.4 Å². The minimum absolute atomic E-state index is 0.0930. The van der Waals surface area contributed by atoms with Crippen LogP contribution in [0.15, 0.2) is 48.5 Å². The fourth-order valence-corrected chi connectivity index (χ4v) is 1.43. The molecule has 0 aromatic heterocycles. The largest absolute Gasteiger partial charge is 0.423 e. The van der Waals surface area contributed by atoms with Crippen LogP contribution in [0.25, 0.3) is 0 Å². The van der Waals surface area contributed by atoms with Gasteiger partial charge in [-0.15, -0.1) is 0 Å². The highest BCUT2D eigenvalue weighted by Crippen LogP contribution is 2.22. The quantitative estimate of drug-likeness (QED) is 0.370. The molecule has 0 atom stereocenters. The van der Waals surface area contributed by atoms with Gasteiger partial charge >= 0.3 is 11.9 Å². The number of carbonyl (C=O) groups is 2.